The van der Waals surface area contributed by atoms with Crippen LogP contribution in [0.25, 0.3) is 0 Å². The Balaban J connectivity index is 1.41. The Kier molecular flexibility index (Phi) is 7.39. The first kappa shape index (κ1) is 19.8. The van der Waals surface area contributed by atoms with Gasteiger partial charge in [0.1, 0.15) is 0 Å². The van der Waals surface area contributed by atoms with Crippen molar-refractivity contribution >= 4 is 5.91 Å². The molecule has 0 aliphatic heterocycles. The summed E-state index contributed by atoms with van der Waals surface area (Å²) in [7, 11) is 0. The zero-order chi connectivity index (χ0) is 19.6. The average molecular weight is 373 g/mol. The van der Waals surface area contributed by atoms with Crippen LogP contribution in [0.2, 0.25) is 0 Å². The van der Waals surface area contributed by atoms with Gasteiger partial charge in [0.15, 0.2) is 0 Å². The van der Waals surface area contributed by atoms with Crippen molar-refractivity contribution < 1.29 is 9.53 Å². The van der Waals surface area contributed by atoms with Crippen LogP contribution in [0.4, 0.5) is 0 Å². The monoisotopic (exact) mass is 373 g/mol. The lowest BCUT2D eigenvalue weighted by atomic mass is 10.1. The van der Waals surface area contributed by atoms with Crippen molar-refractivity contribution in [2.75, 3.05) is 0 Å². The second-order valence-corrected chi connectivity index (χ2v) is 7.06. The van der Waals surface area contributed by atoms with Crippen LogP contribution in [0.15, 0.2) is 78.9 Å². The van der Waals surface area contributed by atoms with Gasteiger partial charge >= 0.3 is 0 Å². The molecule has 0 aromatic heterocycles. The van der Waals surface area contributed by atoms with E-state index in [-0.39, 0.29) is 5.91 Å². The fraction of sp³-hybridized carbons (Fsp3) is 0.240. The van der Waals surface area contributed by atoms with E-state index >= 15 is 0 Å². The van der Waals surface area contributed by atoms with E-state index in [2.05, 4.69) is 48.6 Å². The molecule has 0 heterocycles. The lowest BCUT2D eigenvalue weighted by Gasteiger charge is -2.09. The highest BCUT2D eigenvalue weighted by Gasteiger charge is 2.04. The second-order valence-electron chi connectivity index (χ2n) is 7.06. The SMILES string of the molecule is Cc1cccc(CCC(=O)NCc2cccc(COCc3ccccc3)c2)c1. The third-order valence-corrected chi connectivity index (χ3v) is 4.58. The van der Waals surface area contributed by atoms with Crippen LogP contribution >= 0.6 is 0 Å². The molecule has 1 N–H and O–H groups in total. The molecule has 0 saturated heterocycles. The van der Waals surface area contributed by atoms with E-state index in [0.29, 0.717) is 26.2 Å². The minimum absolute atomic E-state index is 0.0761. The average Bonchev–Trinajstić information content (AvgIpc) is 2.72. The van der Waals surface area contributed by atoms with Crippen molar-refractivity contribution in [1.82, 2.24) is 5.32 Å². The number of ether oxygens (including phenoxy) is 1. The topological polar surface area (TPSA) is 38.3 Å². The molecule has 0 spiro atoms. The van der Waals surface area contributed by atoms with Crippen molar-refractivity contribution in [3.63, 3.8) is 0 Å². The van der Waals surface area contributed by atoms with Crippen molar-refractivity contribution in [2.24, 2.45) is 0 Å². The molecule has 0 saturated carbocycles. The maximum Gasteiger partial charge on any atom is 0.220 e. The largest absolute Gasteiger partial charge is 0.372 e. The van der Waals surface area contributed by atoms with E-state index in [4.69, 9.17) is 4.74 Å². The summed E-state index contributed by atoms with van der Waals surface area (Å²) in [6.45, 7) is 3.77. The van der Waals surface area contributed by atoms with Crippen LogP contribution < -0.4 is 5.32 Å². The summed E-state index contributed by atoms with van der Waals surface area (Å²) in [5.41, 5.74) is 5.80. The Morgan fingerprint density at radius 1 is 0.786 bits per heavy atom. The van der Waals surface area contributed by atoms with E-state index in [0.717, 1.165) is 17.5 Å². The van der Waals surface area contributed by atoms with Crippen molar-refractivity contribution in [3.8, 4) is 0 Å². The summed E-state index contributed by atoms with van der Waals surface area (Å²) >= 11 is 0. The van der Waals surface area contributed by atoms with Gasteiger partial charge in [0.2, 0.25) is 5.91 Å². The molecule has 144 valence electrons. The molecule has 3 aromatic rings. The maximum absolute atomic E-state index is 12.2. The van der Waals surface area contributed by atoms with Crippen LogP contribution in [0.5, 0.6) is 0 Å². The van der Waals surface area contributed by atoms with E-state index in [1.807, 2.05) is 42.5 Å². The maximum atomic E-state index is 12.2. The van der Waals surface area contributed by atoms with Crippen molar-refractivity contribution in [3.05, 3.63) is 107 Å². The molecule has 0 fully saturated rings. The molecule has 28 heavy (non-hydrogen) atoms. The van der Waals surface area contributed by atoms with E-state index in [9.17, 15) is 4.79 Å². The van der Waals surface area contributed by atoms with E-state index < -0.39 is 0 Å². The number of hydrogen-bond donors (Lipinski definition) is 1. The van der Waals surface area contributed by atoms with Gasteiger partial charge in [-0.05, 0) is 35.6 Å². The summed E-state index contributed by atoms with van der Waals surface area (Å²) in [4.78, 5) is 12.2. The van der Waals surface area contributed by atoms with Crippen molar-refractivity contribution in [2.45, 2.75) is 39.5 Å². The summed E-state index contributed by atoms with van der Waals surface area (Å²) in [6, 6.07) is 26.6. The molecule has 3 heteroatoms. The first-order valence-electron chi connectivity index (χ1n) is 9.71. The van der Waals surface area contributed by atoms with Crippen molar-refractivity contribution in [1.29, 1.82) is 0 Å². The van der Waals surface area contributed by atoms with E-state index in [1.54, 1.807) is 0 Å². The Morgan fingerprint density at radius 2 is 1.46 bits per heavy atom. The summed E-state index contributed by atoms with van der Waals surface area (Å²) in [5.74, 6) is 0.0761. The molecule has 0 atom stereocenters. The quantitative estimate of drug-likeness (QED) is 0.576. The van der Waals surface area contributed by atoms with Crippen LogP contribution in [0, 0.1) is 6.92 Å². The third-order valence-electron chi connectivity index (χ3n) is 4.58. The van der Waals surface area contributed by atoms with Gasteiger partial charge in [0, 0.05) is 13.0 Å². The molecule has 3 rings (SSSR count). The first-order chi connectivity index (χ1) is 13.7. The van der Waals surface area contributed by atoms with Crippen LogP contribution in [-0.4, -0.2) is 5.91 Å². The third kappa shape index (κ3) is 6.67. The smallest absolute Gasteiger partial charge is 0.220 e. The van der Waals surface area contributed by atoms with Gasteiger partial charge in [-0.2, -0.15) is 0 Å². The van der Waals surface area contributed by atoms with Gasteiger partial charge in [0.05, 0.1) is 13.2 Å². The van der Waals surface area contributed by atoms with Crippen LogP contribution in [0.3, 0.4) is 0 Å². The highest BCUT2D eigenvalue weighted by atomic mass is 16.5. The molecule has 0 bridgehead atoms. The number of carbonyl (C=O) groups excluding carboxylic acids is 1. The van der Waals surface area contributed by atoms with Gasteiger partial charge in [-0.15, -0.1) is 0 Å². The molecular weight excluding hydrogens is 346 g/mol. The molecular formula is C25H27NO2. The fourth-order valence-electron chi connectivity index (χ4n) is 3.10. The molecule has 1 amide bonds. The molecule has 3 nitrogen and oxygen atoms in total. The number of carbonyl (C=O) groups is 1. The predicted molar refractivity (Wildman–Crippen MR) is 113 cm³/mol. The minimum Gasteiger partial charge on any atom is -0.372 e. The Bertz CT molecular complexity index is 890. The van der Waals surface area contributed by atoms with Gasteiger partial charge < -0.3 is 10.1 Å². The molecule has 0 unspecified atom stereocenters. The summed E-state index contributed by atoms with van der Waals surface area (Å²) in [6.07, 6.45) is 1.27. The Morgan fingerprint density at radius 3 is 2.29 bits per heavy atom. The number of rotatable bonds is 9. The van der Waals surface area contributed by atoms with Crippen LogP contribution in [-0.2, 0) is 35.7 Å². The number of aryl methyl sites for hydroxylation is 2. The van der Waals surface area contributed by atoms with Gasteiger partial charge in [-0.1, -0.05) is 84.4 Å². The Labute approximate surface area is 167 Å². The molecule has 0 aliphatic carbocycles. The number of benzene rings is 3. The van der Waals surface area contributed by atoms with Gasteiger partial charge in [-0.25, -0.2) is 0 Å². The molecule has 0 aliphatic rings. The van der Waals surface area contributed by atoms with Gasteiger partial charge in [0.25, 0.3) is 0 Å². The normalized spacial score (nSPS) is 10.6. The highest BCUT2D eigenvalue weighted by molar-refractivity contribution is 5.76. The second kappa shape index (κ2) is 10.4. The zero-order valence-electron chi connectivity index (χ0n) is 16.4. The van der Waals surface area contributed by atoms with Gasteiger partial charge in [-0.3, -0.25) is 4.79 Å². The zero-order valence-corrected chi connectivity index (χ0v) is 16.4. The lowest BCUT2D eigenvalue weighted by Crippen LogP contribution is -2.23. The standard InChI is InChI=1S/C25H27NO2/c1-20-7-5-10-21(15-20)13-14-25(27)26-17-23-11-6-12-24(16-23)19-28-18-22-8-3-2-4-9-22/h2-12,15-16H,13-14,17-19H2,1H3,(H,26,27). The Hall–Kier alpha value is -2.91. The predicted octanol–water partition coefficient (Wildman–Crippen LogP) is 4.96. The number of hydrogen-bond acceptors (Lipinski definition) is 2. The molecule has 0 radical (unpaired) electrons. The lowest BCUT2D eigenvalue weighted by molar-refractivity contribution is -0.121. The number of amides is 1. The van der Waals surface area contributed by atoms with E-state index in [1.165, 1.54) is 16.7 Å². The fourth-order valence-corrected chi connectivity index (χ4v) is 3.10. The molecule has 3 aromatic carbocycles. The summed E-state index contributed by atoms with van der Waals surface area (Å²) < 4.78 is 5.80. The van der Waals surface area contributed by atoms with Crippen LogP contribution in [0.1, 0.15) is 34.2 Å². The first-order valence-corrected chi connectivity index (χ1v) is 9.71. The summed E-state index contributed by atoms with van der Waals surface area (Å²) in [5, 5.41) is 3.01. The number of nitrogens with one attached hydrogen (secondary N) is 1. The minimum atomic E-state index is 0.0761. The highest BCUT2D eigenvalue weighted by Crippen LogP contribution is 2.10.